The zero-order valence-electron chi connectivity index (χ0n) is 11.6. The van der Waals surface area contributed by atoms with Crippen LogP contribution < -0.4 is 5.32 Å². The lowest BCUT2D eigenvalue weighted by Crippen LogP contribution is -2.14. The first-order valence-electron chi connectivity index (χ1n) is 6.37. The van der Waals surface area contributed by atoms with Gasteiger partial charge in [-0.25, -0.2) is 4.98 Å². The summed E-state index contributed by atoms with van der Waals surface area (Å²) in [7, 11) is 0. The van der Waals surface area contributed by atoms with E-state index in [-0.39, 0.29) is 16.4 Å². The molecule has 0 bridgehead atoms. The van der Waals surface area contributed by atoms with E-state index in [2.05, 4.69) is 10.3 Å². The molecule has 2 aromatic heterocycles. The van der Waals surface area contributed by atoms with Gasteiger partial charge in [-0.05, 0) is 25.1 Å². The van der Waals surface area contributed by atoms with Crippen LogP contribution >= 0.6 is 22.9 Å². The fraction of sp³-hybridized carbons (Fsp3) is 0.143. The smallest absolute Gasteiger partial charge is 0.319 e. The number of aryl methyl sites for hydroxylation is 1. The zero-order valence-corrected chi connectivity index (χ0v) is 13.2. The molecule has 0 fully saturated rings. The minimum atomic E-state index is -4.52. The maximum absolute atomic E-state index is 12.7. The van der Waals surface area contributed by atoms with Gasteiger partial charge in [0.1, 0.15) is 5.69 Å². The molecule has 4 nitrogen and oxygen atoms in total. The van der Waals surface area contributed by atoms with Crippen LogP contribution in [0, 0.1) is 6.92 Å². The van der Waals surface area contributed by atoms with Gasteiger partial charge >= 0.3 is 6.18 Å². The molecule has 1 N–H and O–H groups in total. The number of hydrogen-bond donors (Lipinski definition) is 1. The summed E-state index contributed by atoms with van der Waals surface area (Å²) in [5, 5.41) is 2.38. The van der Waals surface area contributed by atoms with Crippen LogP contribution in [-0.2, 0) is 6.18 Å². The Morgan fingerprint density at radius 1 is 1.35 bits per heavy atom. The van der Waals surface area contributed by atoms with Crippen molar-refractivity contribution in [2.24, 2.45) is 0 Å². The minimum absolute atomic E-state index is 0.0169. The van der Waals surface area contributed by atoms with E-state index in [4.69, 9.17) is 11.6 Å². The van der Waals surface area contributed by atoms with Gasteiger partial charge in [-0.1, -0.05) is 11.6 Å². The Morgan fingerprint density at radius 2 is 2.09 bits per heavy atom. The van der Waals surface area contributed by atoms with Crippen molar-refractivity contribution >= 4 is 39.5 Å². The average Bonchev–Trinajstić information content (AvgIpc) is 2.97. The quantitative estimate of drug-likeness (QED) is 0.725. The van der Waals surface area contributed by atoms with Gasteiger partial charge in [-0.15, -0.1) is 11.3 Å². The first-order valence-corrected chi connectivity index (χ1v) is 7.57. The predicted molar refractivity (Wildman–Crippen MR) is 82.2 cm³/mol. The van der Waals surface area contributed by atoms with Crippen LogP contribution in [0.3, 0.4) is 0 Å². The van der Waals surface area contributed by atoms with Crippen molar-refractivity contribution in [3.63, 3.8) is 0 Å². The molecule has 0 atom stereocenters. The van der Waals surface area contributed by atoms with E-state index in [1.165, 1.54) is 17.5 Å². The summed E-state index contributed by atoms with van der Waals surface area (Å²) in [4.78, 5) is 17.9. The number of amides is 1. The second-order valence-corrected chi connectivity index (χ2v) is 6.42. The molecule has 0 saturated heterocycles. The molecule has 3 rings (SSSR count). The lowest BCUT2D eigenvalue weighted by Gasteiger charge is -2.11. The van der Waals surface area contributed by atoms with Crippen molar-refractivity contribution in [3.05, 3.63) is 51.7 Å². The number of aromatic nitrogens is 2. The highest BCUT2D eigenvalue weighted by Gasteiger charge is 2.31. The molecule has 0 spiro atoms. The highest BCUT2D eigenvalue weighted by atomic mass is 35.5. The van der Waals surface area contributed by atoms with E-state index in [9.17, 15) is 18.0 Å². The molecule has 0 aliphatic carbocycles. The Morgan fingerprint density at radius 3 is 2.74 bits per heavy atom. The normalized spacial score (nSPS) is 11.9. The molecule has 2 heterocycles. The molecule has 120 valence electrons. The van der Waals surface area contributed by atoms with Gasteiger partial charge in [0.25, 0.3) is 5.91 Å². The third-order valence-electron chi connectivity index (χ3n) is 3.05. The lowest BCUT2D eigenvalue weighted by molar-refractivity contribution is -0.137. The van der Waals surface area contributed by atoms with Gasteiger partial charge in [-0.2, -0.15) is 13.2 Å². The topological polar surface area (TPSA) is 46.4 Å². The van der Waals surface area contributed by atoms with Crippen molar-refractivity contribution in [2.75, 3.05) is 5.32 Å². The van der Waals surface area contributed by atoms with Gasteiger partial charge in [0.15, 0.2) is 4.96 Å². The molecule has 9 heteroatoms. The number of rotatable bonds is 2. The maximum atomic E-state index is 12.7. The van der Waals surface area contributed by atoms with Gasteiger partial charge in [0.05, 0.1) is 16.3 Å². The molecule has 3 aromatic rings. The molecule has 1 amide bonds. The molecular formula is C14H9ClF3N3OS. The van der Waals surface area contributed by atoms with Gasteiger partial charge < -0.3 is 5.32 Å². The monoisotopic (exact) mass is 359 g/mol. The first kappa shape index (κ1) is 15.8. The molecule has 23 heavy (non-hydrogen) atoms. The van der Waals surface area contributed by atoms with E-state index in [1.807, 2.05) is 6.92 Å². The predicted octanol–water partition coefficient (Wildman–Crippen LogP) is 4.63. The highest BCUT2D eigenvalue weighted by Crippen LogP contribution is 2.34. The second-order valence-electron chi connectivity index (χ2n) is 4.80. The van der Waals surface area contributed by atoms with Crippen LogP contribution in [-0.4, -0.2) is 15.3 Å². The Hall–Kier alpha value is -2.06. The Balaban J connectivity index is 1.88. The Labute approximate surface area is 137 Å². The second kappa shape index (κ2) is 5.54. The van der Waals surface area contributed by atoms with Crippen molar-refractivity contribution < 1.29 is 18.0 Å². The number of alkyl halides is 3. The van der Waals surface area contributed by atoms with E-state index >= 15 is 0 Å². The summed E-state index contributed by atoms with van der Waals surface area (Å²) in [6, 6.07) is 2.74. The van der Waals surface area contributed by atoms with Crippen molar-refractivity contribution in [1.82, 2.24) is 9.38 Å². The summed E-state index contributed by atoms with van der Waals surface area (Å²) in [5.41, 5.74) is -0.901. The summed E-state index contributed by atoms with van der Waals surface area (Å²) >= 11 is 7.25. The maximum Gasteiger partial charge on any atom is 0.416 e. The third kappa shape index (κ3) is 3.18. The number of imidazole rings is 1. The lowest BCUT2D eigenvalue weighted by atomic mass is 10.2. The van der Waals surface area contributed by atoms with Crippen LogP contribution in [0.2, 0.25) is 5.02 Å². The SMILES string of the molecule is Cc1cn2cc(C(=O)Nc3cc(C(F)(F)F)ccc3Cl)nc2s1. The summed E-state index contributed by atoms with van der Waals surface area (Å²) in [6.07, 6.45) is -1.20. The van der Waals surface area contributed by atoms with Crippen LogP contribution in [0.25, 0.3) is 4.96 Å². The van der Waals surface area contributed by atoms with Crippen LogP contribution in [0.1, 0.15) is 20.9 Å². The molecular weight excluding hydrogens is 351 g/mol. The number of hydrogen-bond acceptors (Lipinski definition) is 3. The fourth-order valence-corrected chi connectivity index (χ4v) is 2.98. The van der Waals surface area contributed by atoms with Crippen molar-refractivity contribution in [2.45, 2.75) is 13.1 Å². The number of halogens is 4. The molecule has 0 aliphatic heterocycles. The highest BCUT2D eigenvalue weighted by molar-refractivity contribution is 7.17. The fourth-order valence-electron chi connectivity index (χ4n) is 2.00. The van der Waals surface area contributed by atoms with E-state index in [0.29, 0.717) is 4.96 Å². The van der Waals surface area contributed by atoms with Crippen LogP contribution in [0.15, 0.2) is 30.6 Å². The van der Waals surface area contributed by atoms with E-state index in [1.54, 1.807) is 10.6 Å². The third-order valence-corrected chi connectivity index (χ3v) is 4.29. The van der Waals surface area contributed by atoms with Gasteiger partial charge in [0, 0.05) is 17.3 Å². The summed E-state index contributed by atoms with van der Waals surface area (Å²) in [6.45, 7) is 1.90. The largest absolute Gasteiger partial charge is 0.416 e. The number of anilines is 1. The van der Waals surface area contributed by atoms with Gasteiger partial charge in [-0.3, -0.25) is 9.20 Å². The number of carbonyl (C=O) groups is 1. The van der Waals surface area contributed by atoms with Crippen LogP contribution in [0.5, 0.6) is 0 Å². The van der Waals surface area contributed by atoms with Gasteiger partial charge in [0.2, 0.25) is 0 Å². The summed E-state index contributed by atoms with van der Waals surface area (Å²) in [5.74, 6) is -0.625. The number of fused-ring (bicyclic) bond motifs is 1. The van der Waals surface area contributed by atoms with Crippen molar-refractivity contribution in [1.29, 1.82) is 0 Å². The minimum Gasteiger partial charge on any atom is -0.319 e. The van der Waals surface area contributed by atoms with Crippen molar-refractivity contribution in [3.8, 4) is 0 Å². The summed E-state index contributed by atoms with van der Waals surface area (Å²) < 4.78 is 39.9. The van der Waals surface area contributed by atoms with Crippen LogP contribution in [0.4, 0.5) is 18.9 Å². The first-order chi connectivity index (χ1) is 10.7. The number of thiazole rings is 1. The van der Waals surface area contributed by atoms with E-state index in [0.717, 1.165) is 23.1 Å². The zero-order chi connectivity index (χ0) is 16.8. The molecule has 0 radical (unpaired) electrons. The Bertz CT molecular complexity index is 869. The molecule has 1 aromatic carbocycles. The number of benzene rings is 1. The number of nitrogens with one attached hydrogen (secondary N) is 1. The number of nitrogens with zero attached hydrogens (tertiary/aromatic N) is 2. The number of carbonyl (C=O) groups excluding carboxylic acids is 1. The Kier molecular flexibility index (Phi) is 3.81. The molecule has 0 unspecified atom stereocenters. The standard InChI is InChI=1S/C14H9ClF3N3OS/c1-7-5-21-6-11(20-13(21)23-7)12(22)19-10-4-8(14(16,17)18)2-3-9(10)15/h2-6H,1H3,(H,19,22). The molecule has 0 saturated carbocycles. The molecule has 0 aliphatic rings. The average molecular weight is 360 g/mol. The van der Waals surface area contributed by atoms with E-state index < -0.39 is 17.6 Å².